The third kappa shape index (κ3) is 4.72. The molecular weight excluding hydrogens is 715 g/mol. The first-order valence-corrected chi connectivity index (χ1v) is 20.5. The SMILES string of the molecule is O=c1c2ccccc2c2cc(-c3cccc(-c4cccc5c4Cc4ccccc4-5)c3)cc3c4cc(-c5cccc(-c6cccc7c6Cc6ccccc6-7)c5)ccc4n1c23. The van der Waals surface area contributed by atoms with E-state index in [1.54, 1.807) is 0 Å². The summed E-state index contributed by atoms with van der Waals surface area (Å²) in [5.74, 6) is 0. The first kappa shape index (κ1) is 32.5. The van der Waals surface area contributed by atoms with E-state index in [9.17, 15) is 4.79 Å². The van der Waals surface area contributed by atoms with E-state index in [4.69, 9.17) is 0 Å². The van der Waals surface area contributed by atoms with Gasteiger partial charge in [0.05, 0.1) is 11.0 Å². The molecule has 0 unspecified atom stereocenters. The molecule has 0 atom stereocenters. The molecule has 2 heterocycles. The molecular formula is C57H35NO. The molecule has 0 fully saturated rings. The average molecular weight is 750 g/mol. The van der Waals surface area contributed by atoms with Gasteiger partial charge < -0.3 is 0 Å². The average Bonchev–Trinajstić information content (AvgIpc) is 3.98. The smallest absolute Gasteiger partial charge is 0.263 e. The van der Waals surface area contributed by atoms with Gasteiger partial charge in [0.2, 0.25) is 0 Å². The Hall–Kier alpha value is -7.55. The fourth-order valence-electron chi connectivity index (χ4n) is 10.5. The minimum Gasteiger partial charge on any atom is -0.275 e. The summed E-state index contributed by atoms with van der Waals surface area (Å²) in [6, 6.07) is 68.3. The molecule has 0 radical (unpaired) electrons. The number of rotatable bonds is 4. The van der Waals surface area contributed by atoms with E-state index in [0.29, 0.717) is 0 Å². The van der Waals surface area contributed by atoms with E-state index in [2.05, 4.69) is 170 Å². The molecule has 13 rings (SSSR count). The summed E-state index contributed by atoms with van der Waals surface area (Å²) >= 11 is 0. The minimum atomic E-state index is 0.0236. The maximum atomic E-state index is 14.4. The van der Waals surface area contributed by atoms with Gasteiger partial charge in [-0.15, -0.1) is 0 Å². The van der Waals surface area contributed by atoms with Crippen molar-refractivity contribution in [1.82, 2.24) is 4.40 Å². The summed E-state index contributed by atoms with van der Waals surface area (Å²) in [6.07, 6.45) is 1.89. The van der Waals surface area contributed by atoms with Gasteiger partial charge in [-0.3, -0.25) is 9.20 Å². The summed E-state index contributed by atoms with van der Waals surface area (Å²) in [5, 5.41) is 4.98. The molecule has 2 heteroatoms. The van der Waals surface area contributed by atoms with Crippen molar-refractivity contribution < 1.29 is 0 Å². The topological polar surface area (TPSA) is 21.5 Å². The van der Waals surface area contributed by atoms with Crippen LogP contribution in [0.4, 0.5) is 0 Å². The molecule has 59 heavy (non-hydrogen) atoms. The van der Waals surface area contributed by atoms with Gasteiger partial charge in [-0.1, -0.05) is 146 Å². The second-order valence-electron chi connectivity index (χ2n) is 16.3. The Balaban J connectivity index is 0.987. The van der Waals surface area contributed by atoms with Crippen LogP contribution < -0.4 is 5.56 Å². The maximum absolute atomic E-state index is 14.4. The van der Waals surface area contributed by atoms with E-state index < -0.39 is 0 Å². The van der Waals surface area contributed by atoms with Crippen molar-refractivity contribution >= 4 is 38.0 Å². The first-order chi connectivity index (χ1) is 29.2. The van der Waals surface area contributed by atoms with E-state index in [1.165, 1.54) is 66.8 Å². The molecule has 9 aromatic carbocycles. The van der Waals surface area contributed by atoms with Crippen LogP contribution in [0.3, 0.4) is 0 Å². The number of pyridine rings is 1. The van der Waals surface area contributed by atoms with Crippen molar-refractivity contribution in [3.8, 4) is 66.8 Å². The third-order valence-electron chi connectivity index (χ3n) is 13.2. The summed E-state index contributed by atoms with van der Waals surface area (Å²) < 4.78 is 1.96. The largest absolute Gasteiger partial charge is 0.275 e. The van der Waals surface area contributed by atoms with Gasteiger partial charge in [-0.05, 0) is 150 Å². The number of aromatic nitrogens is 1. The Labute approximate surface area is 341 Å². The van der Waals surface area contributed by atoms with Crippen molar-refractivity contribution in [3.05, 3.63) is 221 Å². The van der Waals surface area contributed by atoms with Crippen molar-refractivity contribution in [2.45, 2.75) is 12.8 Å². The van der Waals surface area contributed by atoms with Gasteiger partial charge in [0.1, 0.15) is 0 Å². The number of hydrogen-bond acceptors (Lipinski definition) is 1. The normalized spacial score (nSPS) is 12.7. The molecule has 0 aliphatic heterocycles. The summed E-state index contributed by atoms with van der Waals surface area (Å²) in [6.45, 7) is 0. The molecule has 0 bridgehead atoms. The molecule has 0 amide bonds. The first-order valence-electron chi connectivity index (χ1n) is 20.5. The van der Waals surface area contributed by atoms with Crippen LogP contribution in [0, 0.1) is 0 Å². The van der Waals surface area contributed by atoms with Crippen LogP contribution in [-0.4, -0.2) is 4.40 Å². The number of nitrogens with zero attached hydrogens (tertiary/aromatic N) is 1. The van der Waals surface area contributed by atoms with E-state index in [1.807, 2.05) is 22.6 Å². The third-order valence-corrected chi connectivity index (χ3v) is 13.2. The Bertz CT molecular complexity index is 3640. The highest BCUT2D eigenvalue weighted by molar-refractivity contribution is 6.22. The Morgan fingerprint density at radius 3 is 1.42 bits per heavy atom. The molecule has 2 aliphatic carbocycles. The second kappa shape index (κ2) is 12.2. The predicted octanol–water partition coefficient (Wildman–Crippen LogP) is 14.0. The van der Waals surface area contributed by atoms with Crippen molar-refractivity contribution in [3.63, 3.8) is 0 Å². The zero-order chi connectivity index (χ0) is 38.8. The number of hydrogen-bond donors (Lipinski definition) is 0. The van der Waals surface area contributed by atoms with Crippen LogP contribution in [-0.2, 0) is 12.8 Å². The van der Waals surface area contributed by atoms with Crippen molar-refractivity contribution in [2.75, 3.05) is 0 Å². The zero-order valence-electron chi connectivity index (χ0n) is 32.2. The van der Waals surface area contributed by atoms with Crippen molar-refractivity contribution in [2.24, 2.45) is 0 Å². The molecule has 11 aromatic rings. The van der Waals surface area contributed by atoms with E-state index in [0.717, 1.165) is 73.1 Å². The molecule has 0 spiro atoms. The van der Waals surface area contributed by atoms with Crippen LogP contribution in [0.1, 0.15) is 22.3 Å². The van der Waals surface area contributed by atoms with Crippen molar-refractivity contribution in [1.29, 1.82) is 0 Å². The highest BCUT2D eigenvalue weighted by Crippen LogP contribution is 2.45. The predicted molar refractivity (Wildman–Crippen MR) is 246 cm³/mol. The maximum Gasteiger partial charge on any atom is 0.263 e. The summed E-state index contributed by atoms with van der Waals surface area (Å²) in [7, 11) is 0. The van der Waals surface area contributed by atoms with E-state index >= 15 is 0 Å². The Morgan fingerprint density at radius 1 is 0.322 bits per heavy atom. The van der Waals surface area contributed by atoms with Crippen LogP contribution in [0.5, 0.6) is 0 Å². The summed E-state index contributed by atoms with van der Waals surface area (Å²) in [5.41, 5.74) is 22.5. The summed E-state index contributed by atoms with van der Waals surface area (Å²) in [4.78, 5) is 14.4. The standard InChI is InChI=1S/C57H35NO/c59-57-49-20-6-5-19-48(49)53-32-41(35-14-8-16-38(28-35)45-22-10-24-47-43-18-4-2-12-40(43)31-51(45)47)33-54-52-29-36(25-26-55(52)58(57)56(53)54)34-13-7-15-37(27-34)44-21-9-23-46-42-17-3-1-11-39(42)30-50(44)46/h1-29,32-33H,30-31H2. The monoisotopic (exact) mass is 749 g/mol. The second-order valence-corrected chi connectivity index (χ2v) is 16.3. The van der Waals surface area contributed by atoms with Crippen LogP contribution in [0.2, 0.25) is 0 Å². The minimum absolute atomic E-state index is 0.0236. The lowest BCUT2D eigenvalue weighted by atomic mass is 9.92. The fourth-order valence-corrected chi connectivity index (χ4v) is 10.5. The highest BCUT2D eigenvalue weighted by Gasteiger charge is 2.24. The Morgan fingerprint density at radius 2 is 0.780 bits per heavy atom. The number of fused-ring (bicyclic) bond motifs is 11. The molecule has 2 aliphatic rings. The van der Waals surface area contributed by atoms with Crippen LogP contribution >= 0.6 is 0 Å². The lowest BCUT2D eigenvalue weighted by Crippen LogP contribution is -2.12. The molecule has 0 saturated heterocycles. The van der Waals surface area contributed by atoms with Crippen LogP contribution in [0.15, 0.2) is 193 Å². The molecule has 274 valence electrons. The van der Waals surface area contributed by atoms with Gasteiger partial charge >= 0.3 is 0 Å². The van der Waals surface area contributed by atoms with Gasteiger partial charge in [-0.2, -0.15) is 0 Å². The number of benzene rings is 9. The molecule has 2 aromatic heterocycles. The molecule has 0 N–H and O–H groups in total. The Kier molecular flexibility index (Phi) is 6.74. The van der Waals surface area contributed by atoms with Gasteiger partial charge in [0.15, 0.2) is 0 Å². The van der Waals surface area contributed by atoms with Gasteiger partial charge in [0, 0.05) is 21.5 Å². The lowest BCUT2D eigenvalue weighted by Gasteiger charge is -2.12. The van der Waals surface area contributed by atoms with Crippen LogP contribution in [0.25, 0.3) is 105 Å². The quantitative estimate of drug-likeness (QED) is 0.164. The molecule has 2 nitrogen and oxygen atoms in total. The van der Waals surface area contributed by atoms with E-state index in [-0.39, 0.29) is 5.56 Å². The zero-order valence-corrected chi connectivity index (χ0v) is 32.2. The highest BCUT2D eigenvalue weighted by atomic mass is 16.1. The fraction of sp³-hybridized carbons (Fsp3) is 0.0351. The molecule has 0 saturated carbocycles. The van der Waals surface area contributed by atoms with Gasteiger partial charge in [0.25, 0.3) is 5.56 Å². The van der Waals surface area contributed by atoms with Gasteiger partial charge in [-0.25, -0.2) is 0 Å². The lowest BCUT2D eigenvalue weighted by molar-refractivity contribution is 1.21.